The number of ether oxygens (including phenoxy) is 1. The Morgan fingerprint density at radius 2 is 1.78 bits per heavy atom. The highest BCUT2D eigenvalue weighted by atomic mass is 19.3. The number of aromatic nitrogens is 4. The van der Waals surface area contributed by atoms with E-state index in [1.54, 1.807) is 24.3 Å². The standard InChI is InChI=1S/C24H24F4N4O4/c25-16-3-6-19(20(26)7-16)23(35,13-32-14-29-30-31-32)24(27,28)22-10-21(11-22,12-22)15-1-4-18(5-2-15)36-9-17(34)8-33/h1-7,14,17,33-35H,8-13H2/t17-,21?,22?,23-/m1/s1. The van der Waals surface area contributed by atoms with Gasteiger partial charge in [-0.15, -0.1) is 5.10 Å². The minimum absolute atomic E-state index is 0.0666. The first-order valence-corrected chi connectivity index (χ1v) is 11.3. The number of aliphatic hydroxyl groups excluding tert-OH is 2. The normalized spacial score (nSPS) is 25.4. The molecule has 8 nitrogen and oxygen atoms in total. The van der Waals surface area contributed by atoms with Crippen molar-refractivity contribution in [3.63, 3.8) is 0 Å². The van der Waals surface area contributed by atoms with Crippen LogP contribution in [0, 0.1) is 17.0 Å². The third kappa shape index (κ3) is 3.66. The largest absolute Gasteiger partial charge is 0.491 e. The van der Waals surface area contributed by atoms with Gasteiger partial charge in [0.05, 0.1) is 13.2 Å². The molecule has 3 N–H and O–H groups in total. The lowest BCUT2D eigenvalue weighted by Crippen LogP contribution is -2.76. The second-order valence-corrected chi connectivity index (χ2v) is 9.83. The molecule has 192 valence electrons. The number of nitrogens with zero attached hydrogens (tertiary/aromatic N) is 4. The van der Waals surface area contributed by atoms with E-state index in [2.05, 4.69) is 15.5 Å². The molecule has 3 aromatic rings. The first kappa shape index (κ1) is 24.6. The van der Waals surface area contributed by atoms with E-state index in [0.29, 0.717) is 11.8 Å². The molecule has 2 bridgehead atoms. The summed E-state index contributed by atoms with van der Waals surface area (Å²) in [5, 5.41) is 40.0. The molecular weight excluding hydrogens is 484 g/mol. The second-order valence-electron chi connectivity index (χ2n) is 9.83. The number of alkyl halides is 2. The van der Waals surface area contributed by atoms with Crippen LogP contribution in [0.4, 0.5) is 17.6 Å². The van der Waals surface area contributed by atoms with Gasteiger partial charge in [0, 0.05) is 17.0 Å². The average Bonchev–Trinajstić information content (AvgIpc) is 3.29. The Kier molecular flexibility index (Phi) is 5.80. The number of rotatable bonds is 10. The van der Waals surface area contributed by atoms with E-state index in [9.17, 15) is 19.0 Å². The number of hydrogen-bond acceptors (Lipinski definition) is 7. The molecule has 0 unspecified atom stereocenters. The van der Waals surface area contributed by atoms with Crippen LogP contribution in [0.15, 0.2) is 48.8 Å². The van der Waals surface area contributed by atoms with Crippen molar-refractivity contribution in [3.05, 3.63) is 71.6 Å². The summed E-state index contributed by atoms with van der Waals surface area (Å²) in [6, 6.07) is 8.95. The predicted molar refractivity (Wildman–Crippen MR) is 116 cm³/mol. The van der Waals surface area contributed by atoms with Gasteiger partial charge in [0.25, 0.3) is 5.92 Å². The maximum atomic E-state index is 16.2. The van der Waals surface area contributed by atoms with E-state index in [1.807, 2.05) is 0 Å². The lowest BCUT2D eigenvalue weighted by molar-refractivity contribution is -0.347. The minimum atomic E-state index is -3.80. The van der Waals surface area contributed by atoms with Crippen molar-refractivity contribution in [2.24, 2.45) is 5.41 Å². The van der Waals surface area contributed by atoms with E-state index < -0.39 is 58.8 Å². The Hall–Kier alpha value is -3.09. The van der Waals surface area contributed by atoms with Crippen molar-refractivity contribution in [1.29, 1.82) is 0 Å². The molecule has 0 amide bonds. The number of benzene rings is 2. The van der Waals surface area contributed by atoms with Crippen molar-refractivity contribution in [2.75, 3.05) is 13.2 Å². The van der Waals surface area contributed by atoms with Gasteiger partial charge in [0.1, 0.15) is 36.4 Å². The van der Waals surface area contributed by atoms with Crippen LogP contribution in [-0.2, 0) is 17.6 Å². The molecule has 3 aliphatic carbocycles. The zero-order chi connectivity index (χ0) is 25.8. The average molecular weight is 508 g/mol. The number of hydrogen-bond donors (Lipinski definition) is 3. The predicted octanol–water partition coefficient (Wildman–Crippen LogP) is 2.33. The molecule has 0 radical (unpaired) electrons. The molecule has 1 aromatic heterocycles. The third-order valence-corrected chi connectivity index (χ3v) is 7.49. The summed E-state index contributed by atoms with van der Waals surface area (Å²) in [7, 11) is 0. The van der Waals surface area contributed by atoms with Crippen molar-refractivity contribution in [1.82, 2.24) is 20.2 Å². The highest BCUT2D eigenvalue weighted by molar-refractivity contribution is 5.44. The van der Waals surface area contributed by atoms with Gasteiger partial charge in [0.15, 0.2) is 5.60 Å². The summed E-state index contributed by atoms with van der Waals surface area (Å²) in [4.78, 5) is 0. The molecular formula is C24H24F4N4O4. The molecule has 2 aromatic carbocycles. The Morgan fingerprint density at radius 1 is 1.08 bits per heavy atom. The number of aliphatic hydroxyl groups is 3. The van der Waals surface area contributed by atoms with E-state index in [4.69, 9.17) is 9.84 Å². The molecule has 6 rings (SSSR count). The third-order valence-electron chi connectivity index (χ3n) is 7.49. The summed E-state index contributed by atoms with van der Waals surface area (Å²) in [6.07, 6.45) is 0.225. The fourth-order valence-electron chi connectivity index (χ4n) is 5.68. The van der Waals surface area contributed by atoms with Gasteiger partial charge in [-0.3, -0.25) is 0 Å². The SMILES string of the molecule is OC[C@@H](O)COc1ccc(C23CC(C(F)(F)[C@@](O)(Cn4cnnn4)c4ccc(F)cc4F)(C2)C3)cc1. The van der Waals surface area contributed by atoms with Gasteiger partial charge in [-0.2, -0.15) is 0 Å². The zero-order valence-electron chi connectivity index (χ0n) is 19.0. The molecule has 3 aliphatic rings. The van der Waals surface area contributed by atoms with Gasteiger partial charge < -0.3 is 20.1 Å². The van der Waals surface area contributed by atoms with Crippen LogP contribution in [0.25, 0.3) is 0 Å². The molecule has 0 aliphatic heterocycles. The second kappa shape index (κ2) is 8.49. The molecule has 3 fully saturated rings. The van der Waals surface area contributed by atoms with Crippen LogP contribution >= 0.6 is 0 Å². The zero-order valence-corrected chi connectivity index (χ0v) is 19.0. The quantitative estimate of drug-likeness (QED) is 0.360. The topological polar surface area (TPSA) is 114 Å². The number of halogens is 4. The summed E-state index contributed by atoms with van der Waals surface area (Å²) in [5.41, 5.74) is -5.03. The first-order chi connectivity index (χ1) is 17.0. The van der Waals surface area contributed by atoms with Crippen LogP contribution in [0.3, 0.4) is 0 Å². The monoisotopic (exact) mass is 508 g/mol. The van der Waals surface area contributed by atoms with Crippen LogP contribution in [-0.4, -0.2) is 60.8 Å². The lowest BCUT2D eigenvalue weighted by Gasteiger charge is -2.74. The maximum absolute atomic E-state index is 16.2. The van der Waals surface area contributed by atoms with E-state index in [-0.39, 0.29) is 25.9 Å². The van der Waals surface area contributed by atoms with E-state index in [1.165, 1.54) is 0 Å². The van der Waals surface area contributed by atoms with E-state index >= 15 is 8.78 Å². The van der Waals surface area contributed by atoms with Gasteiger partial charge in [-0.05, 0) is 64.9 Å². The summed E-state index contributed by atoms with van der Waals surface area (Å²) in [6.45, 7) is -1.34. The van der Waals surface area contributed by atoms with Gasteiger partial charge >= 0.3 is 0 Å². The smallest absolute Gasteiger partial charge is 0.287 e. The van der Waals surface area contributed by atoms with Gasteiger partial charge in [-0.1, -0.05) is 12.1 Å². The Morgan fingerprint density at radius 3 is 2.36 bits per heavy atom. The Bertz CT molecular complexity index is 1220. The summed E-state index contributed by atoms with van der Waals surface area (Å²) < 4.78 is 66.9. The molecule has 36 heavy (non-hydrogen) atoms. The molecule has 0 spiro atoms. The molecule has 1 heterocycles. The number of tetrazole rings is 1. The molecule has 2 atom stereocenters. The Labute approximate surface area is 203 Å². The summed E-state index contributed by atoms with van der Waals surface area (Å²) in [5.74, 6) is -5.57. The molecule has 3 saturated carbocycles. The minimum Gasteiger partial charge on any atom is -0.491 e. The highest BCUT2D eigenvalue weighted by Crippen LogP contribution is 2.80. The van der Waals surface area contributed by atoms with Crippen LogP contribution in [0.5, 0.6) is 5.75 Å². The summed E-state index contributed by atoms with van der Waals surface area (Å²) >= 11 is 0. The van der Waals surface area contributed by atoms with Crippen molar-refractivity contribution >= 4 is 0 Å². The fourth-order valence-corrected chi connectivity index (χ4v) is 5.68. The van der Waals surface area contributed by atoms with Crippen LogP contribution in [0.2, 0.25) is 0 Å². The highest BCUT2D eigenvalue weighted by Gasteiger charge is 2.82. The molecule has 0 saturated heterocycles. The lowest BCUT2D eigenvalue weighted by atomic mass is 9.30. The van der Waals surface area contributed by atoms with Crippen molar-refractivity contribution in [2.45, 2.75) is 48.8 Å². The fraction of sp³-hybridized carbons (Fsp3) is 0.458. The van der Waals surface area contributed by atoms with Gasteiger partial charge in [-0.25, -0.2) is 22.2 Å². The van der Waals surface area contributed by atoms with Crippen molar-refractivity contribution in [3.8, 4) is 5.75 Å². The maximum Gasteiger partial charge on any atom is 0.287 e. The van der Waals surface area contributed by atoms with Crippen LogP contribution in [0.1, 0.15) is 30.4 Å². The van der Waals surface area contributed by atoms with Crippen LogP contribution < -0.4 is 4.74 Å². The Balaban J connectivity index is 1.38. The molecule has 12 heteroatoms. The first-order valence-electron chi connectivity index (χ1n) is 11.3. The van der Waals surface area contributed by atoms with Gasteiger partial charge in [0.2, 0.25) is 0 Å². The van der Waals surface area contributed by atoms with Crippen molar-refractivity contribution < 1.29 is 37.6 Å². The van der Waals surface area contributed by atoms with E-state index in [0.717, 1.165) is 28.7 Å².